The molecule has 0 saturated carbocycles. The van der Waals surface area contributed by atoms with Crippen molar-refractivity contribution >= 4 is 10.0 Å². The Bertz CT molecular complexity index is 399. The van der Waals surface area contributed by atoms with Gasteiger partial charge in [0.15, 0.2) is 0 Å². The van der Waals surface area contributed by atoms with Crippen LogP contribution in [0.2, 0.25) is 0 Å². The summed E-state index contributed by atoms with van der Waals surface area (Å²) in [5.74, 6) is -0.551. The van der Waals surface area contributed by atoms with Crippen LogP contribution in [0.4, 0.5) is 13.2 Å². The lowest BCUT2D eigenvalue weighted by Crippen LogP contribution is -2.36. The second kappa shape index (κ2) is 5.23. The lowest BCUT2D eigenvalue weighted by molar-refractivity contribution is -0.134. The molecule has 0 aromatic heterocycles. The Morgan fingerprint density at radius 1 is 1.41 bits per heavy atom. The summed E-state index contributed by atoms with van der Waals surface area (Å²) < 4.78 is 60.1. The van der Waals surface area contributed by atoms with Crippen LogP contribution in [0.5, 0.6) is 0 Å². The van der Waals surface area contributed by atoms with Crippen LogP contribution in [0, 0.1) is 11.3 Å². The fourth-order valence-corrected chi connectivity index (χ4v) is 3.47. The highest BCUT2D eigenvalue weighted by Crippen LogP contribution is 2.24. The molecule has 1 fully saturated rings. The summed E-state index contributed by atoms with van der Waals surface area (Å²) in [6.07, 6.45) is -4.88. The molecule has 1 atom stereocenters. The van der Waals surface area contributed by atoms with E-state index in [-0.39, 0.29) is 6.54 Å². The summed E-state index contributed by atoms with van der Waals surface area (Å²) >= 11 is 0. The topological polar surface area (TPSA) is 61.2 Å². The van der Waals surface area contributed by atoms with Crippen LogP contribution in [0.15, 0.2) is 0 Å². The molecule has 1 aliphatic heterocycles. The van der Waals surface area contributed by atoms with Gasteiger partial charge in [-0.2, -0.15) is 22.7 Å². The largest absolute Gasteiger partial charge is 0.389 e. The van der Waals surface area contributed by atoms with E-state index in [2.05, 4.69) is 0 Å². The van der Waals surface area contributed by atoms with Gasteiger partial charge in [0.05, 0.1) is 11.8 Å². The first-order valence-corrected chi connectivity index (χ1v) is 6.83. The van der Waals surface area contributed by atoms with Gasteiger partial charge in [-0.15, -0.1) is 0 Å². The molecule has 0 bridgehead atoms. The quantitative estimate of drug-likeness (QED) is 0.780. The molecule has 1 heterocycles. The van der Waals surface area contributed by atoms with Crippen molar-refractivity contribution in [3.63, 3.8) is 0 Å². The zero-order valence-electron chi connectivity index (χ0n) is 9.07. The van der Waals surface area contributed by atoms with Gasteiger partial charge in [0.25, 0.3) is 0 Å². The average molecular weight is 270 g/mol. The maximum Gasteiger partial charge on any atom is 0.389 e. The van der Waals surface area contributed by atoms with E-state index >= 15 is 0 Å². The first-order chi connectivity index (χ1) is 7.76. The summed E-state index contributed by atoms with van der Waals surface area (Å²) in [5.41, 5.74) is 0. The lowest BCUT2D eigenvalue weighted by Gasteiger charge is -2.19. The first kappa shape index (κ1) is 14.3. The number of nitriles is 1. The summed E-state index contributed by atoms with van der Waals surface area (Å²) in [6.45, 7) is 0.229. The number of rotatable bonds is 4. The molecule has 1 aliphatic rings. The normalized spacial score (nSPS) is 22.6. The molecule has 0 spiro atoms. The Labute approximate surface area is 98.1 Å². The van der Waals surface area contributed by atoms with Gasteiger partial charge < -0.3 is 0 Å². The lowest BCUT2D eigenvalue weighted by atomic mass is 10.2. The number of nitrogens with zero attached hydrogens (tertiary/aromatic N) is 2. The van der Waals surface area contributed by atoms with Gasteiger partial charge in [-0.05, 0) is 19.3 Å². The fraction of sp³-hybridized carbons (Fsp3) is 0.889. The van der Waals surface area contributed by atoms with Crippen LogP contribution in [0.3, 0.4) is 0 Å². The molecule has 0 aliphatic carbocycles. The summed E-state index contributed by atoms with van der Waals surface area (Å²) in [7, 11) is -3.73. The molecule has 1 saturated heterocycles. The minimum atomic E-state index is -4.34. The molecule has 1 unspecified atom stereocenters. The van der Waals surface area contributed by atoms with Gasteiger partial charge in [-0.3, -0.25) is 0 Å². The molecule has 1 rings (SSSR count). The molecule has 0 aromatic carbocycles. The Kier molecular flexibility index (Phi) is 4.38. The van der Waals surface area contributed by atoms with Crippen molar-refractivity contribution in [3.05, 3.63) is 0 Å². The molecular formula is C9H13F3N2O2S. The van der Waals surface area contributed by atoms with Crippen molar-refractivity contribution < 1.29 is 21.6 Å². The van der Waals surface area contributed by atoms with Crippen molar-refractivity contribution in [1.29, 1.82) is 5.26 Å². The van der Waals surface area contributed by atoms with Gasteiger partial charge in [-0.25, -0.2) is 8.42 Å². The number of alkyl halides is 3. The standard InChI is InChI=1S/C9H13F3N2O2S/c10-9(11,12)4-2-6-17(15,16)14-5-1-3-8(14)7-13/h8H,1-6H2. The highest BCUT2D eigenvalue weighted by molar-refractivity contribution is 7.89. The minimum Gasteiger partial charge on any atom is -0.212 e. The van der Waals surface area contributed by atoms with E-state index in [4.69, 9.17) is 5.26 Å². The van der Waals surface area contributed by atoms with Crippen molar-refractivity contribution in [2.75, 3.05) is 12.3 Å². The third-order valence-electron chi connectivity index (χ3n) is 2.57. The summed E-state index contributed by atoms with van der Waals surface area (Å²) in [5, 5.41) is 8.72. The van der Waals surface area contributed by atoms with E-state index in [1.54, 1.807) is 0 Å². The van der Waals surface area contributed by atoms with Gasteiger partial charge in [0, 0.05) is 13.0 Å². The van der Waals surface area contributed by atoms with E-state index in [0.717, 1.165) is 4.31 Å². The zero-order valence-corrected chi connectivity index (χ0v) is 9.89. The van der Waals surface area contributed by atoms with Crippen molar-refractivity contribution in [2.45, 2.75) is 37.9 Å². The predicted octanol–water partition coefficient (Wildman–Crippen LogP) is 1.65. The smallest absolute Gasteiger partial charge is 0.212 e. The zero-order chi connectivity index (χ0) is 13.1. The Hall–Kier alpha value is -0.810. The molecule has 0 amide bonds. The monoisotopic (exact) mass is 270 g/mol. The number of halogens is 3. The van der Waals surface area contributed by atoms with E-state index in [1.165, 1.54) is 0 Å². The highest BCUT2D eigenvalue weighted by atomic mass is 32.2. The maximum absolute atomic E-state index is 11.9. The van der Waals surface area contributed by atoms with Gasteiger partial charge in [0.2, 0.25) is 10.0 Å². The van der Waals surface area contributed by atoms with Crippen LogP contribution in [-0.4, -0.2) is 37.2 Å². The Morgan fingerprint density at radius 3 is 2.59 bits per heavy atom. The van der Waals surface area contributed by atoms with Gasteiger partial charge in [-0.1, -0.05) is 0 Å². The molecule has 0 radical (unpaired) electrons. The molecular weight excluding hydrogens is 257 g/mol. The maximum atomic E-state index is 11.9. The average Bonchev–Trinajstić information content (AvgIpc) is 2.63. The Balaban J connectivity index is 2.55. The van der Waals surface area contributed by atoms with Crippen molar-refractivity contribution in [1.82, 2.24) is 4.31 Å². The van der Waals surface area contributed by atoms with Crippen LogP contribution in [0.25, 0.3) is 0 Å². The van der Waals surface area contributed by atoms with Crippen LogP contribution in [-0.2, 0) is 10.0 Å². The fourth-order valence-electron chi connectivity index (χ4n) is 1.77. The molecule has 0 N–H and O–H groups in total. The van der Waals surface area contributed by atoms with Gasteiger partial charge in [0.1, 0.15) is 6.04 Å². The Morgan fingerprint density at radius 2 is 2.06 bits per heavy atom. The van der Waals surface area contributed by atoms with Crippen molar-refractivity contribution in [2.24, 2.45) is 0 Å². The molecule has 8 heteroatoms. The van der Waals surface area contributed by atoms with E-state index in [0.29, 0.717) is 12.8 Å². The predicted molar refractivity (Wildman–Crippen MR) is 54.4 cm³/mol. The second-order valence-corrected chi connectivity index (χ2v) is 5.97. The molecule has 98 valence electrons. The number of hydrogen-bond acceptors (Lipinski definition) is 3. The summed E-state index contributed by atoms with van der Waals surface area (Å²) in [4.78, 5) is 0. The molecule has 4 nitrogen and oxygen atoms in total. The second-order valence-electron chi connectivity index (χ2n) is 3.93. The molecule has 0 aromatic rings. The van der Waals surface area contributed by atoms with E-state index in [1.807, 2.05) is 6.07 Å². The van der Waals surface area contributed by atoms with Crippen LogP contribution in [0.1, 0.15) is 25.7 Å². The van der Waals surface area contributed by atoms with Gasteiger partial charge >= 0.3 is 6.18 Å². The van der Waals surface area contributed by atoms with Crippen LogP contribution >= 0.6 is 0 Å². The molecule has 17 heavy (non-hydrogen) atoms. The highest BCUT2D eigenvalue weighted by Gasteiger charge is 2.35. The minimum absolute atomic E-state index is 0.229. The van der Waals surface area contributed by atoms with E-state index in [9.17, 15) is 21.6 Å². The summed E-state index contributed by atoms with van der Waals surface area (Å²) in [6, 6.07) is 1.13. The van der Waals surface area contributed by atoms with Crippen molar-refractivity contribution in [3.8, 4) is 6.07 Å². The number of hydrogen-bond donors (Lipinski definition) is 0. The van der Waals surface area contributed by atoms with E-state index < -0.39 is 40.8 Å². The third-order valence-corrected chi connectivity index (χ3v) is 4.53. The SMILES string of the molecule is N#CC1CCCN1S(=O)(=O)CCCC(F)(F)F. The van der Waals surface area contributed by atoms with Crippen LogP contribution < -0.4 is 0 Å². The third kappa shape index (κ3) is 4.16. The number of sulfonamides is 1. The first-order valence-electron chi connectivity index (χ1n) is 5.22.